The van der Waals surface area contributed by atoms with Gasteiger partial charge in [0.25, 0.3) is 5.69 Å². The fourth-order valence-electron chi connectivity index (χ4n) is 1.76. The largest absolute Gasteiger partial charge is 0.320 e. The molecule has 20 heavy (non-hydrogen) atoms. The zero-order chi connectivity index (χ0) is 14.5. The summed E-state index contributed by atoms with van der Waals surface area (Å²) in [6.45, 7) is 2.34. The quantitative estimate of drug-likeness (QED) is 0.668. The lowest BCUT2D eigenvalue weighted by molar-refractivity contribution is -0.383. The van der Waals surface area contributed by atoms with Crippen LogP contribution in [0.5, 0.6) is 0 Å². The molecule has 104 valence electrons. The molecule has 0 saturated heterocycles. The molecule has 0 saturated carbocycles. The molecule has 1 amide bonds. The Morgan fingerprint density at radius 3 is 2.85 bits per heavy atom. The van der Waals surface area contributed by atoms with Crippen LogP contribution >= 0.6 is 0 Å². The molecule has 0 aliphatic rings. The molecule has 1 aromatic heterocycles. The lowest BCUT2D eigenvalue weighted by Gasteiger charge is -2.05. The highest BCUT2D eigenvalue weighted by molar-refractivity contribution is 5.92. The molecule has 0 spiro atoms. The topological polar surface area (TPSA) is 90.1 Å². The molecule has 0 unspecified atom stereocenters. The monoisotopic (exact) mass is 274 g/mol. The number of amides is 1. The number of carbonyl (C=O) groups excluding carboxylic acids is 1. The van der Waals surface area contributed by atoms with Crippen molar-refractivity contribution >= 4 is 17.3 Å². The average Bonchev–Trinajstić information content (AvgIpc) is 2.83. The Bertz CT molecular complexity index is 636. The molecule has 0 aliphatic heterocycles. The van der Waals surface area contributed by atoms with E-state index in [1.807, 2.05) is 13.1 Å². The van der Waals surface area contributed by atoms with Crippen LogP contribution in [0.4, 0.5) is 11.4 Å². The molecule has 7 heteroatoms. The summed E-state index contributed by atoms with van der Waals surface area (Å²) < 4.78 is 1.66. The van der Waals surface area contributed by atoms with Gasteiger partial charge in [-0.1, -0.05) is 12.1 Å². The van der Waals surface area contributed by atoms with E-state index < -0.39 is 4.92 Å². The number of hydrogen-bond acceptors (Lipinski definition) is 4. The summed E-state index contributed by atoms with van der Waals surface area (Å²) in [5, 5.41) is 17.4. The maximum Gasteiger partial charge on any atom is 0.292 e. The van der Waals surface area contributed by atoms with Crippen molar-refractivity contribution in [2.24, 2.45) is 0 Å². The first-order chi connectivity index (χ1) is 9.56. The Morgan fingerprint density at radius 1 is 1.45 bits per heavy atom. The molecule has 0 bridgehead atoms. The summed E-state index contributed by atoms with van der Waals surface area (Å²) in [7, 11) is 0. The highest BCUT2D eigenvalue weighted by atomic mass is 16.6. The minimum absolute atomic E-state index is 0.115. The van der Waals surface area contributed by atoms with E-state index in [-0.39, 0.29) is 23.7 Å². The zero-order valence-electron chi connectivity index (χ0n) is 10.9. The van der Waals surface area contributed by atoms with Crippen molar-refractivity contribution in [1.82, 2.24) is 9.78 Å². The minimum Gasteiger partial charge on any atom is -0.320 e. The number of hydrogen-bond donors (Lipinski definition) is 1. The number of nitrogens with zero attached hydrogens (tertiary/aromatic N) is 3. The number of carbonyl (C=O) groups is 1. The lowest BCUT2D eigenvalue weighted by atomic mass is 10.2. The first-order valence-electron chi connectivity index (χ1n) is 6.08. The van der Waals surface area contributed by atoms with Crippen LogP contribution < -0.4 is 5.32 Å². The van der Waals surface area contributed by atoms with Gasteiger partial charge < -0.3 is 5.32 Å². The van der Waals surface area contributed by atoms with Gasteiger partial charge in [0.1, 0.15) is 5.69 Å². The van der Waals surface area contributed by atoms with Gasteiger partial charge >= 0.3 is 0 Å². The first kappa shape index (κ1) is 13.7. The summed E-state index contributed by atoms with van der Waals surface area (Å²) in [6, 6.07) is 6.06. The number of aromatic nitrogens is 2. The van der Waals surface area contributed by atoms with Crippen molar-refractivity contribution in [3.05, 3.63) is 52.3 Å². The number of nitro groups is 1. The van der Waals surface area contributed by atoms with Crippen LogP contribution in [-0.2, 0) is 11.3 Å². The number of aryl methyl sites for hydroxylation is 2. The van der Waals surface area contributed by atoms with Crippen molar-refractivity contribution < 1.29 is 9.72 Å². The molecule has 0 atom stereocenters. The van der Waals surface area contributed by atoms with E-state index >= 15 is 0 Å². The number of anilines is 1. The molecule has 1 aromatic carbocycles. The van der Waals surface area contributed by atoms with Crippen molar-refractivity contribution in [3.8, 4) is 0 Å². The number of para-hydroxylation sites is 2. The van der Waals surface area contributed by atoms with Crippen LogP contribution in [0.2, 0.25) is 0 Å². The van der Waals surface area contributed by atoms with Crippen molar-refractivity contribution in [3.63, 3.8) is 0 Å². The standard InChI is InChI=1S/C13H14N4O3/c1-10-8-14-16(9-10)7-6-13(18)15-11-4-2-3-5-12(11)17(19)20/h2-5,8-9H,6-7H2,1H3,(H,15,18). The van der Waals surface area contributed by atoms with Crippen LogP contribution in [0.1, 0.15) is 12.0 Å². The average molecular weight is 274 g/mol. The molecule has 1 N–H and O–H groups in total. The van der Waals surface area contributed by atoms with E-state index in [1.54, 1.807) is 23.0 Å². The van der Waals surface area contributed by atoms with Crippen LogP contribution in [0.15, 0.2) is 36.7 Å². The van der Waals surface area contributed by atoms with Crippen molar-refractivity contribution in [2.45, 2.75) is 19.9 Å². The van der Waals surface area contributed by atoms with E-state index in [4.69, 9.17) is 0 Å². The maximum absolute atomic E-state index is 11.8. The maximum atomic E-state index is 11.8. The van der Waals surface area contributed by atoms with E-state index in [9.17, 15) is 14.9 Å². The Labute approximate surface area is 115 Å². The number of benzene rings is 1. The second-order valence-corrected chi connectivity index (χ2v) is 4.35. The molecular formula is C13H14N4O3. The Balaban J connectivity index is 1.96. The molecule has 0 radical (unpaired) electrons. The van der Waals surface area contributed by atoms with Gasteiger partial charge in [0.05, 0.1) is 11.1 Å². The van der Waals surface area contributed by atoms with Crippen LogP contribution in [0, 0.1) is 17.0 Å². The Kier molecular flexibility index (Phi) is 4.09. The molecule has 2 rings (SSSR count). The summed E-state index contributed by atoms with van der Waals surface area (Å²) >= 11 is 0. The van der Waals surface area contributed by atoms with Gasteiger partial charge in [0.15, 0.2) is 0 Å². The summed E-state index contributed by atoms with van der Waals surface area (Å²) in [5.74, 6) is -0.285. The van der Waals surface area contributed by atoms with E-state index in [0.29, 0.717) is 6.54 Å². The van der Waals surface area contributed by atoms with E-state index in [2.05, 4.69) is 10.4 Å². The number of rotatable bonds is 5. The number of nitro benzene ring substituents is 1. The Hall–Kier alpha value is -2.70. The molecule has 7 nitrogen and oxygen atoms in total. The van der Waals surface area contributed by atoms with Gasteiger partial charge in [-0.15, -0.1) is 0 Å². The highest BCUT2D eigenvalue weighted by Gasteiger charge is 2.14. The van der Waals surface area contributed by atoms with Crippen molar-refractivity contribution in [1.29, 1.82) is 0 Å². The normalized spacial score (nSPS) is 10.2. The highest BCUT2D eigenvalue weighted by Crippen LogP contribution is 2.23. The minimum atomic E-state index is -0.521. The fraction of sp³-hybridized carbons (Fsp3) is 0.231. The van der Waals surface area contributed by atoms with E-state index in [1.165, 1.54) is 12.1 Å². The van der Waals surface area contributed by atoms with Crippen LogP contribution in [-0.4, -0.2) is 20.6 Å². The van der Waals surface area contributed by atoms with Gasteiger partial charge in [-0.25, -0.2) is 0 Å². The third-order valence-corrected chi connectivity index (χ3v) is 2.71. The zero-order valence-corrected chi connectivity index (χ0v) is 10.9. The summed E-state index contributed by atoms with van der Waals surface area (Å²) in [4.78, 5) is 22.1. The summed E-state index contributed by atoms with van der Waals surface area (Å²) in [5.41, 5.74) is 1.11. The number of nitrogens with one attached hydrogen (secondary N) is 1. The second-order valence-electron chi connectivity index (χ2n) is 4.35. The van der Waals surface area contributed by atoms with Gasteiger partial charge in [-0.05, 0) is 18.6 Å². The van der Waals surface area contributed by atoms with Gasteiger partial charge in [-0.2, -0.15) is 5.10 Å². The summed E-state index contributed by atoms with van der Waals surface area (Å²) in [6.07, 6.45) is 3.74. The predicted octanol–water partition coefficient (Wildman–Crippen LogP) is 2.13. The predicted molar refractivity (Wildman–Crippen MR) is 73.3 cm³/mol. The molecular weight excluding hydrogens is 260 g/mol. The van der Waals surface area contributed by atoms with Crippen LogP contribution in [0.25, 0.3) is 0 Å². The second kappa shape index (κ2) is 5.96. The third kappa shape index (κ3) is 3.41. The molecule has 1 heterocycles. The smallest absolute Gasteiger partial charge is 0.292 e. The molecule has 2 aromatic rings. The van der Waals surface area contributed by atoms with E-state index in [0.717, 1.165) is 5.56 Å². The Morgan fingerprint density at radius 2 is 2.20 bits per heavy atom. The fourth-order valence-corrected chi connectivity index (χ4v) is 1.76. The van der Waals surface area contributed by atoms with Crippen molar-refractivity contribution in [2.75, 3.05) is 5.32 Å². The first-order valence-corrected chi connectivity index (χ1v) is 6.08. The van der Waals surface area contributed by atoms with Crippen LogP contribution in [0.3, 0.4) is 0 Å². The third-order valence-electron chi connectivity index (χ3n) is 2.71. The SMILES string of the molecule is Cc1cnn(CCC(=O)Nc2ccccc2[N+](=O)[O-])c1. The molecule has 0 aliphatic carbocycles. The van der Waals surface area contributed by atoms with Gasteiger partial charge in [-0.3, -0.25) is 19.6 Å². The van der Waals surface area contributed by atoms with Gasteiger partial charge in [0.2, 0.25) is 5.91 Å². The lowest BCUT2D eigenvalue weighted by Crippen LogP contribution is -2.15. The molecule has 0 fully saturated rings. The van der Waals surface area contributed by atoms with Gasteiger partial charge in [0, 0.05) is 25.2 Å².